The Hall–Kier alpha value is -2.03. The zero-order chi connectivity index (χ0) is 17.5. The molecule has 1 aromatic carbocycles. The lowest BCUT2D eigenvalue weighted by atomic mass is 10.1. The molecule has 1 unspecified atom stereocenters. The molecule has 0 spiro atoms. The molecule has 2 aromatic rings. The molecule has 1 aromatic heterocycles. The van der Waals surface area contributed by atoms with Gasteiger partial charge in [0.2, 0.25) is 0 Å². The van der Waals surface area contributed by atoms with Crippen molar-refractivity contribution in [3.63, 3.8) is 0 Å². The number of aryl methyl sites for hydroxylation is 1. The van der Waals surface area contributed by atoms with E-state index < -0.39 is 5.91 Å². The Kier molecular flexibility index (Phi) is 8.47. The van der Waals surface area contributed by atoms with Gasteiger partial charge >= 0.3 is 0 Å². The molecule has 0 aliphatic rings. The van der Waals surface area contributed by atoms with Gasteiger partial charge in [0.05, 0.1) is 12.6 Å². The summed E-state index contributed by atoms with van der Waals surface area (Å²) in [4.78, 5) is 15.2. The Morgan fingerprint density at radius 2 is 1.92 bits per heavy atom. The Bertz CT molecular complexity index is 710. The van der Waals surface area contributed by atoms with E-state index in [1.807, 2.05) is 0 Å². The summed E-state index contributed by atoms with van der Waals surface area (Å²) in [5.74, 6) is 0.845. The number of benzene rings is 1. The van der Waals surface area contributed by atoms with Gasteiger partial charge in [-0.25, -0.2) is 0 Å². The largest absolute Gasteiger partial charge is 0.454 e. The minimum Gasteiger partial charge on any atom is -0.454 e. The van der Waals surface area contributed by atoms with E-state index in [1.165, 1.54) is 11.1 Å². The molecule has 0 saturated carbocycles. The van der Waals surface area contributed by atoms with Gasteiger partial charge in [0.25, 0.3) is 5.91 Å². The number of halogens is 1. The molecule has 6 nitrogen and oxygen atoms in total. The third-order valence-corrected chi connectivity index (χ3v) is 3.80. The monoisotopic (exact) mass is 456 g/mol. The molecule has 0 saturated heterocycles. The Balaban J connectivity index is 0.00000312. The van der Waals surface area contributed by atoms with Crippen molar-refractivity contribution in [2.75, 3.05) is 7.05 Å². The van der Waals surface area contributed by atoms with Crippen LogP contribution in [0.25, 0.3) is 0 Å². The lowest BCUT2D eigenvalue weighted by Crippen LogP contribution is -2.38. The van der Waals surface area contributed by atoms with Crippen LogP contribution < -0.4 is 16.4 Å². The van der Waals surface area contributed by atoms with E-state index in [1.54, 1.807) is 19.2 Å². The van der Waals surface area contributed by atoms with Gasteiger partial charge in [0, 0.05) is 7.05 Å². The zero-order valence-electron chi connectivity index (χ0n) is 14.7. The highest BCUT2D eigenvalue weighted by Crippen LogP contribution is 2.13. The van der Waals surface area contributed by atoms with Gasteiger partial charge in [-0.05, 0) is 36.6 Å². The Morgan fingerprint density at radius 1 is 1.24 bits per heavy atom. The van der Waals surface area contributed by atoms with Gasteiger partial charge in [-0.3, -0.25) is 9.79 Å². The molecule has 0 fully saturated rings. The van der Waals surface area contributed by atoms with Crippen molar-refractivity contribution in [3.05, 3.63) is 59.0 Å². The van der Waals surface area contributed by atoms with Crippen LogP contribution >= 0.6 is 24.0 Å². The summed E-state index contributed by atoms with van der Waals surface area (Å²) in [5.41, 5.74) is 7.67. The summed E-state index contributed by atoms with van der Waals surface area (Å²) in [6, 6.07) is 11.9. The van der Waals surface area contributed by atoms with Gasteiger partial charge in [0.1, 0.15) is 5.76 Å². The minimum absolute atomic E-state index is 0. The predicted octanol–water partition coefficient (Wildman–Crippen LogP) is 2.99. The van der Waals surface area contributed by atoms with Gasteiger partial charge < -0.3 is 20.8 Å². The average Bonchev–Trinajstić information content (AvgIpc) is 3.07. The van der Waals surface area contributed by atoms with Crippen LogP contribution in [-0.2, 0) is 13.0 Å². The summed E-state index contributed by atoms with van der Waals surface area (Å²) in [6.07, 6.45) is 1.03. The number of nitrogens with zero attached hydrogens (tertiary/aromatic N) is 1. The smallest absolute Gasteiger partial charge is 0.284 e. The van der Waals surface area contributed by atoms with Crippen LogP contribution in [-0.4, -0.2) is 18.9 Å². The number of nitrogens with one attached hydrogen (secondary N) is 2. The van der Waals surface area contributed by atoms with Gasteiger partial charge in [0.15, 0.2) is 11.7 Å². The number of aliphatic imine (C=N–C) groups is 1. The molecule has 0 aliphatic heterocycles. The topological polar surface area (TPSA) is 92.6 Å². The normalized spacial score (nSPS) is 12.2. The lowest BCUT2D eigenvalue weighted by Gasteiger charge is -2.18. The van der Waals surface area contributed by atoms with E-state index in [2.05, 4.69) is 53.7 Å². The molecule has 1 atom stereocenters. The number of hydrogen-bond acceptors (Lipinski definition) is 3. The minimum atomic E-state index is -0.576. The standard InChI is InChI=1S/C18H24N4O2.HI/c1-4-13-5-7-14(8-6-13)12(2)22-18(20-3)21-11-15-9-10-16(24-15)17(19)23;/h5-10,12H,4,11H2,1-3H3,(H2,19,23)(H2,20,21,22);1H. The number of nitrogens with two attached hydrogens (primary N) is 1. The number of furan rings is 1. The first-order valence-corrected chi connectivity index (χ1v) is 7.98. The second-order valence-electron chi connectivity index (χ2n) is 5.52. The van der Waals surface area contributed by atoms with E-state index in [0.29, 0.717) is 18.3 Å². The molecule has 7 heteroatoms. The summed E-state index contributed by atoms with van der Waals surface area (Å²) in [7, 11) is 1.71. The zero-order valence-corrected chi connectivity index (χ0v) is 17.0. The van der Waals surface area contributed by atoms with Crippen LogP contribution in [0.2, 0.25) is 0 Å². The maximum absolute atomic E-state index is 11.0. The van der Waals surface area contributed by atoms with Crippen molar-refractivity contribution in [1.29, 1.82) is 0 Å². The first kappa shape index (κ1) is 21.0. The number of primary amides is 1. The molecule has 0 bridgehead atoms. The second kappa shape index (κ2) is 10.1. The molecule has 0 aliphatic carbocycles. The van der Waals surface area contributed by atoms with E-state index in [4.69, 9.17) is 10.2 Å². The Labute approximate surface area is 165 Å². The highest BCUT2D eigenvalue weighted by Gasteiger charge is 2.10. The SMILES string of the molecule is CCc1ccc(C(C)NC(=NC)NCc2ccc(C(N)=O)o2)cc1.I. The van der Waals surface area contributed by atoms with Crippen LogP contribution in [0.4, 0.5) is 0 Å². The van der Waals surface area contributed by atoms with Crippen molar-refractivity contribution in [2.24, 2.45) is 10.7 Å². The van der Waals surface area contributed by atoms with Gasteiger partial charge in [-0.2, -0.15) is 0 Å². The summed E-state index contributed by atoms with van der Waals surface area (Å²) in [6.45, 7) is 4.63. The van der Waals surface area contributed by atoms with Crippen LogP contribution in [0.15, 0.2) is 45.8 Å². The van der Waals surface area contributed by atoms with E-state index in [9.17, 15) is 4.79 Å². The first-order chi connectivity index (χ1) is 11.5. The fraction of sp³-hybridized carbons (Fsp3) is 0.333. The van der Waals surface area contributed by atoms with Crippen molar-refractivity contribution in [2.45, 2.75) is 32.9 Å². The summed E-state index contributed by atoms with van der Waals surface area (Å²) < 4.78 is 5.34. The fourth-order valence-corrected chi connectivity index (χ4v) is 2.30. The second-order valence-corrected chi connectivity index (χ2v) is 5.52. The molecule has 2 rings (SSSR count). The molecule has 136 valence electrons. The van der Waals surface area contributed by atoms with Crippen LogP contribution in [0.1, 0.15) is 47.3 Å². The number of rotatable bonds is 6. The number of carbonyl (C=O) groups excluding carboxylic acids is 1. The van der Waals surface area contributed by atoms with E-state index in [0.717, 1.165) is 6.42 Å². The molecular weight excluding hydrogens is 431 g/mol. The predicted molar refractivity (Wildman–Crippen MR) is 110 cm³/mol. The molecule has 25 heavy (non-hydrogen) atoms. The highest BCUT2D eigenvalue weighted by molar-refractivity contribution is 14.0. The maximum Gasteiger partial charge on any atom is 0.284 e. The number of carbonyl (C=O) groups is 1. The van der Waals surface area contributed by atoms with E-state index >= 15 is 0 Å². The molecule has 1 amide bonds. The quantitative estimate of drug-likeness (QED) is 0.354. The van der Waals surface area contributed by atoms with Crippen molar-refractivity contribution in [1.82, 2.24) is 10.6 Å². The number of hydrogen-bond donors (Lipinski definition) is 3. The van der Waals surface area contributed by atoms with Crippen molar-refractivity contribution >= 4 is 35.8 Å². The van der Waals surface area contributed by atoms with E-state index in [-0.39, 0.29) is 35.8 Å². The average molecular weight is 456 g/mol. The van der Waals surface area contributed by atoms with Gasteiger partial charge in [-0.1, -0.05) is 31.2 Å². The lowest BCUT2D eigenvalue weighted by molar-refractivity contribution is 0.0972. The molecule has 1 heterocycles. The van der Waals surface area contributed by atoms with Gasteiger partial charge in [-0.15, -0.1) is 24.0 Å². The summed E-state index contributed by atoms with van der Waals surface area (Å²) in [5, 5.41) is 6.48. The third kappa shape index (κ3) is 6.08. The van der Waals surface area contributed by atoms with Crippen molar-refractivity contribution in [3.8, 4) is 0 Å². The number of guanidine groups is 1. The fourth-order valence-electron chi connectivity index (χ4n) is 2.30. The van der Waals surface area contributed by atoms with Crippen molar-refractivity contribution < 1.29 is 9.21 Å². The van der Waals surface area contributed by atoms with Crippen LogP contribution in [0.5, 0.6) is 0 Å². The molecule has 4 N–H and O–H groups in total. The number of amides is 1. The highest BCUT2D eigenvalue weighted by atomic mass is 127. The first-order valence-electron chi connectivity index (χ1n) is 7.98. The molecular formula is C18H25IN4O2. The van der Waals surface area contributed by atoms with Crippen LogP contribution in [0, 0.1) is 0 Å². The molecule has 0 radical (unpaired) electrons. The summed E-state index contributed by atoms with van der Waals surface area (Å²) >= 11 is 0. The third-order valence-electron chi connectivity index (χ3n) is 3.80. The maximum atomic E-state index is 11.0. The van der Waals surface area contributed by atoms with Crippen LogP contribution in [0.3, 0.4) is 0 Å². The Morgan fingerprint density at radius 3 is 2.44 bits per heavy atom.